The summed E-state index contributed by atoms with van der Waals surface area (Å²) >= 11 is 1.34. The third kappa shape index (κ3) is 4.25. The Bertz CT molecular complexity index is 1190. The first-order valence-corrected chi connectivity index (χ1v) is 11.5. The van der Waals surface area contributed by atoms with Crippen molar-refractivity contribution >= 4 is 33.4 Å². The van der Waals surface area contributed by atoms with Crippen LogP contribution in [0.5, 0.6) is 0 Å². The van der Waals surface area contributed by atoms with E-state index >= 15 is 0 Å². The molecule has 0 atom stereocenters. The molecule has 0 aliphatic carbocycles. The maximum atomic E-state index is 13.3. The average molecular weight is 449 g/mol. The summed E-state index contributed by atoms with van der Waals surface area (Å²) in [4.78, 5) is 17.3. The van der Waals surface area contributed by atoms with E-state index in [-0.39, 0.29) is 16.4 Å². The lowest BCUT2D eigenvalue weighted by Gasteiger charge is -2.15. The maximum absolute atomic E-state index is 13.3. The number of hydrogen-bond donors (Lipinski definition) is 1. The topological polar surface area (TPSA) is 84.3 Å². The van der Waals surface area contributed by atoms with Crippen LogP contribution in [0.25, 0.3) is 5.69 Å². The number of imidazole rings is 1. The Morgan fingerprint density at radius 2 is 1.83 bits per heavy atom. The zero-order valence-electron chi connectivity index (χ0n) is 16.9. The van der Waals surface area contributed by atoms with E-state index in [0.717, 1.165) is 4.31 Å². The number of nitrogens with zero attached hydrogens (tertiary/aromatic N) is 3. The van der Waals surface area contributed by atoms with E-state index in [0.29, 0.717) is 22.1 Å². The first-order chi connectivity index (χ1) is 14.1. The van der Waals surface area contributed by atoms with E-state index in [1.165, 1.54) is 50.3 Å². The highest BCUT2D eigenvalue weighted by atomic mass is 32.2. The van der Waals surface area contributed by atoms with Gasteiger partial charge in [0, 0.05) is 25.5 Å². The fourth-order valence-electron chi connectivity index (χ4n) is 2.83. The number of benzene rings is 2. The lowest BCUT2D eigenvalue weighted by molar-refractivity contribution is 0.102. The number of thioether (sulfide) groups is 1. The molecule has 0 spiro atoms. The predicted octanol–water partition coefficient (Wildman–Crippen LogP) is 3.54. The van der Waals surface area contributed by atoms with Crippen molar-refractivity contribution in [2.45, 2.75) is 17.0 Å². The number of nitrogens with one attached hydrogen (secondary N) is 1. The number of carbonyl (C=O) groups excluding carboxylic acids is 1. The minimum Gasteiger partial charge on any atom is -0.321 e. The van der Waals surface area contributed by atoms with E-state index in [4.69, 9.17) is 0 Å². The second-order valence-corrected chi connectivity index (χ2v) is 9.56. The van der Waals surface area contributed by atoms with Gasteiger partial charge in [-0.05, 0) is 55.1 Å². The van der Waals surface area contributed by atoms with Gasteiger partial charge in [-0.15, -0.1) is 0 Å². The normalized spacial score (nSPS) is 11.7. The van der Waals surface area contributed by atoms with Crippen molar-refractivity contribution < 1.29 is 17.6 Å². The minimum atomic E-state index is -3.66. The smallest absolute Gasteiger partial charge is 0.274 e. The summed E-state index contributed by atoms with van der Waals surface area (Å²) < 4.78 is 41.1. The lowest BCUT2D eigenvalue weighted by atomic mass is 10.2. The number of aryl methyl sites for hydroxylation is 1. The first kappa shape index (κ1) is 22.0. The van der Waals surface area contributed by atoms with Crippen molar-refractivity contribution in [2.75, 3.05) is 25.7 Å². The molecule has 30 heavy (non-hydrogen) atoms. The Morgan fingerprint density at radius 1 is 1.17 bits per heavy atom. The van der Waals surface area contributed by atoms with Crippen LogP contribution in [-0.2, 0) is 10.0 Å². The number of aromatic nitrogens is 2. The average Bonchev–Trinajstić information content (AvgIpc) is 3.14. The number of rotatable bonds is 6. The Balaban J connectivity index is 1.98. The highest BCUT2D eigenvalue weighted by molar-refractivity contribution is 7.98. The molecule has 0 saturated carbocycles. The molecule has 0 bridgehead atoms. The fourth-order valence-corrected chi connectivity index (χ4v) is 4.51. The number of anilines is 1. The van der Waals surface area contributed by atoms with Crippen molar-refractivity contribution in [3.05, 3.63) is 65.7 Å². The van der Waals surface area contributed by atoms with Crippen LogP contribution in [0.4, 0.5) is 10.1 Å². The van der Waals surface area contributed by atoms with Gasteiger partial charge in [-0.2, -0.15) is 0 Å². The maximum Gasteiger partial charge on any atom is 0.274 e. The fraction of sp³-hybridized carbons (Fsp3) is 0.200. The molecule has 0 saturated heterocycles. The molecule has 10 heteroatoms. The molecule has 0 aliphatic rings. The van der Waals surface area contributed by atoms with Crippen LogP contribution in [0, 0.1) is 12.7 Å². The standard InChI is InChI=1S/C20H21FN4O3S2/c1-13-5-8-15(11-18(13)30(27,28)24(2)3)23-19(26)17-12-22-20(29-4)25(17)16-9-6-14(21)7-10-16/h5-12H,1-4H3,(H,23,26). The van der Waals surface area contributed by atoms with E-state index in [9.17, 15) is 17.6 Å². The summed E-state index contributed by atoms with van der Waals surface area (Å²) in [7, 11) is -0.761. The molecule has 2 aromatic carbocycles. The van der Waals surface area contributed by atoms with E-state index in [2.05, 4.69) is 10.3 Å². The van der Waals surface area contributed by atoms with Gasteiger partial charge in [-0.1, -0.05) is 17.8 Å². The molecule has 3 rings (SSSR count). The number of halogens is 1. The molecule has 7 nitrogen and oxygen atoms in total. The summed E-state index contributed by atoms with van der Waals surface area (Å²) in [6.07, 6.45) is 3.25. The van der Waals surface area contributed by atoms with Gasteiger partial charge in [0.25, 0.3) is 5.91 Å². The van der Waals surface area contributed by atoms with E-state index in [1.54, 1.807) is 35.8 Å². The largest absolute Gasteiger partial charge is 0.321 e. The first-order valence-electron chi connectivity index (χ1n) is 8.87. The van der Waals surface area contributed by atoms with Crippen molar-refractivity contribution in [1.82, 2.24) is 13.9 Å². The van der Waals surface area contributed by atoms with Crippen LogP contribution in [-0.4, -0.2) is 48.5 Å². The Morgan fingerprint density at radius 3 is 2.43 bits per heavy atom. The van der Waals surface area contributed by atoms with Gasteiger partial charge < -0.3 is 5.32 Å². The van der Waals surface area contributed by atoms with Gasteiger partial charge >= 0.3 is 0 Å². The van der Waals surface area contributed by atoms with Crippen LogP contribution in [0.1, 0.15) is 16.1 Å². The number of hydrogen-bond acceptors (Lipinski definition) is 5. The van der Waals surface area contributed by atoms with Crippen molar-refractivity contribution in [1.29, 1.82) is 0 Å². The van der Waals surface area contributed by atoms with Crippen LogP contribution in [0.2, 0.25) is 0 Å². The molecule has 1 aromatic heterocycles. The molecule has 0 radical (unpaired) electrons. The van der Waals surface area contributed by atoms with E-state index < -0.39 is 15.9 Å². The molecular formula is C20H21FN4O3S2. The number of amides is 1. The molecular weight excluding hydrogens is 427 g/mol. The second-order valence-electron chi connectivity index (χ2n) is 6.66. The number of sulfonamides is 1. The molecule has 1 heterocycles. The third-order valence-electron chi connectivity index (χ3n) is 4.43. The summed E-state index contributed by atoms with van der Waals surface area (Å²) in [5.41, 5.74) is 1.73. The minimum absolute atomic E-state index is 0.113. The van der Waals surface area contributed by atoms with Gasteiger partial charge in [0.2, 0.25) is 10.0 Å². The van der Waals surface area contributed by atoms with Crippen LogP contribution in [0.15, 0.2) is 58.7 Å². The molecule has 1 N–H and O–H groups in total. The highest BCUT2D eigenvalue weighted by Crippen LogP contribution is 2.25. The summed E-state index contributed by atoms with van der Waals surface area (Å²) in [5.74, 6) is -0.853. The molecule has 3 aromatic rings. The van der Waals surface area contributed by atoms with Crippen molar-refractivity contribution in [3.8, 4) is 5.69 Å². The zero-order valence-corrected chi connectivity index (χ0v) is 18.5. The SMILES string of the molecule is CSc1ncc(C(=O)Nc2ccc(C)c(S(=O)(=O)N(C)C)c2)n1-c1ccc(F)cc1. The van der Waals surface area contributed by atoms with Crippen LogP contribution < -0.4 is 5.32 Å². The summed E-state index contributed by atoms with van der Waals surface area (Å²) in [6, 6.07) is 10.4. The van der Waals surface area contributed by atoms with Gasteiger partial charge in [-0.25, -0.2) is 22.1 Å². The van der Waals surface area contributed by atoms with Gasteiger partial charge in [-0.3, -0.25) is 9.36 Å². The Hall–Kier alpha value is -2.69. The summed E-state index contributed by atoms with van der Waals surface area (Å²) in [5, 5.41) is 3.29. The van der Waals surface area contributed by atoms with Gasteiger partial charge in [0.05, 0.1) is 11.1 Å². The lowest BCUT2D eigenvalue weighted by Crippen LogP contribution is -2.23. The van der Waals surface area contributed by atoms with Crippen molar-refractivity contribution in [3.63, 3.8) is 0 Å². The van der Waals surface area contributed by atoms with Crippen LogP contribution >= 0.6 is 11.8 Å². The van der Waals surface area contributed by atoms with Gasteiger partial charge in [0.1, 0.15) is 11.5 Å². The molecule has 0 aliphatic heterocycles. The number of carbonyl (C=O) groups is 1. The Kier molecular flexibility index (Phi) is 6.30. The predicted molar refractivity (Wildman–Crippen MR) is 115 cm³/mol. The second kappa shape index (κ2) is 8.58. The van der Waals surface area contributed by atoms with Gasteiger partial charge in [0.15, 0.2) is 5.16 Å². The quantitative estimate of drug-likeness (QED) is 0.583. The Labute approximate surface area is 179 Å². The van der Waals surface area contributed by atoms with E-state index in [1.807, 2.05) is 6.26 Å². The molecule has 0 fully saturated rings. The molecule has 1 amide bonds. The highest BCUT2D eigenvalue weighted by Gasteiger charge is 2.22. The van der Waals surface area contributed by atoms with Crippen molar-refractivity contribution in [2.24, 2.45) is 0 Å². The zero-order chi connectivity index (χ0) is 22.1. The summed E-state index contributed by atoms with van der Waals surface area (Å²) in [6.45, 7) is 1.69. The third-order valence-corrected chi connectivity index (χ3v) is 7.04. The van der Waals surface area contributed by atoms with Crippen LogP contribution in [0.3, 0.4) is 0 Å². The monoisotopic (exact) mass is 448 g/mol. The molecule has 158 valence electrons. The molecule has 0 unspecified atom stereocenters.